The third-order valence-electron chi connectivity index (χ3n) is 5.73. The van der Waals surface area contributed by atoms with Gasteiger partial charge in [0.15, 0.2) is 11.6 Å². The number of fused-ring (bicyclic) bond motifs is 1. The summed E-state index contributed by atoms with van der Waals surface area (Å²) in [6, 6.07) is 1.25. The molecule has 0 spiro atoms. The van der Waals surface area contributed by atoms with Gasteiger partial charge in [-0.25, -0.2) is 4.39 Å². The molecule has 0 bridgehead atoms. The molecule has 2 aliphatic rings. The highest BCUT2D eigenvalue weighted by atomic mass is 19.1. The van der Waals surface area contributed by atoms with Gasteiger partial charge in [-0.3, -0.25) is 14.6 Å². The zero-order valence-electron chi connectivity index (χ0n) is 17.0. The molecule has 10 heteroatoms. The summed E-state index contributed by atoms with van der Waals surface area (Å²) in [5.74, 6) is 0.489. The molecule has 1 atom stereocenters. The van der Waals surface area contributed by atoms with Crippen LogP contribution in [0.4, 0.5) is 4.39 Å². The molecule has 0 radical (unpaired) electrons. The van der Waals surface area contributed by atoms with Gasteiger partial charge in [0, 0.05) is 45.9 Å². The minimum absolute atomic E-state index is 0.0199. The monoisotopic (exact) mass is 416 g/mol. The van der Waals surface area contributed by atoms with E-state index in [9.17, 15) is 14.0 Å². The molecule has 0 aromatic carbocycles. The number of halogens is 1. The van der Waals surface area contributed by atoms with Crippen molar-refractivity contribution >= 4 is 11.8 Å². The van der Waals surface area contributed by atoms with Crippen molar-refractivity contribution in [3.63, 3.8) is 0 Å². The van der Waals surface area contributed by atoms with E-state index in [1.807, 2.05) is 9.47 Å². The van der Waals surface area contributed by atoms with E-state index >= 15 is 0 Å². The summed E-state index contributed by atoms with van der Waals surface area (Å²) >= 11 is 0. The van der Waals surface area contributed by atoms with Crippen molar-refractivity contribution in [3.05, 3.63) is 41.5 Å². The van der Waals surface area contributed by atoms with Gasteiger partial charge in [-0.1, -0.05) is 0 Å². The van der Waals surface area contributed by atoms with Crippen LogP contribution in [0.1, 0.15) is 47.3 Å². The molecule has 2 aromatic heterocycles. The first-order valence-electron chi connectivity index (χ1n) is 10.2. The lowest BCUT2D eigenvalue weighted by molar-refractivity contribution is -0.139. The summed E-state index contributed by atoms with van der Waals surface area (Å²) in [6.45, 7) is 2.05. The van der Waals surface area contributed by atoms with Crippen molar-refractivity contribution in [2.24, 2.45) is 0 Å². The number of carbonyl (C=O) groups is 2. The minimum atomic E-state index is -0.624. The molecule has 1 unspecified atom stereocenters. The van der Waals surface area contributed by atoms with Crippen molar-refractivity contribution in [2.75, 3.05) is 33.4 Å². The maximum atomic E-state index is 14.0. The average molecular weight is 416 g/mol. The number of nitrogens with zero attached hydrogens (tertiary/aromatic N) is 6. The maximum Gasteiger partial charge on any atom is 0.257 e. The van der Waals surface area contributed by atoms with Crippen LogP contribution in [0.5, 0.6) is 0 Å². The highest BCUT2D eigenvalue weighted by Gasteiger charge is 2.33. The first-order valence-corrected chi connectivity index (χ1v) is 10.2. The summed E-state index contributed by atoms with van der Waals surface area (Å²) in [5.41, 5.74) is 0.0199. The lowest BCUT2D eigenvalue weighted by Crippen LogP contribution is -2.41. The van der Waals surface area contributed by atoms with Gasteiger partial charge in [0.05, 0.1) is 17.8 Å². The summed E-state index contributed by atoms with van der Waals surface area (Å²) < 4.78 is 21.0. The van der Waals surface area contributed by atoms with E-state index in [0.29, 0.717) is 32.6 Å². The number of likely N-dealkylation sites (tertiary alicyclic amines) is 1. The second kappa shape index (κ2) is 8.86. The van der Waals surface area contributed by atoms with Crippen LogP contribution in [0.25, 0.3) is 0 Å². The van der Waals surface area contributed by atoms with Crippen molar-refractivity contribution in [2.45, 2.75) is 38.3 Å². The predicted molar refractivity (Wildman–Crippen MR) is 104 cm³/mol. The first-order chi connectivity index (χ1) is 14.6. The number of ether oxygens (including phenoxy) is 1. The third-order valence-corrected chi connectivity index (χ3v) is 5.73. The second-order valence-electron chi connectivity index (χ2n) is 7.56. The molecule has 1 fully saturated rings. The van der Waals surface area contributed by atoms with Gasteiger partial charge >= 0.3 is 0 Å². The molecular formula is C20H25FN6O3. The van der Waals surface area contributed by atoms with Crippen molar-refractivity contribution in [3.8, 4) is 0 Å². The Morgan fingerprint density at radius 3 is 2.87 bits per heavy atom. The maximum absolute atomic E-state index is 14.0. The number of hydrogen-bond acceptors (Lipinski definition) is 6. The summed E-state index contributed by atoms with van der Waals surface area (Å²) in [6.07, 6.45) is 5.76. The minimum Gasteiger partial charge on any atom is -0.375 e. The Bertz CT molecular complexity index is 933. The van der Waals surface area contributed by atoms with Crippen molar-refractivity contribution in [1.82, 2.24) is 29.5 Å². The van der Waals surface area contributed by atoms with Gasteiger partial charge in [0.1, 0.15) is 12.4 Å². The van der Waals surface area contributed by atoms with Crippen LogP contribution in [0.2, 0.25) is 0 Å². The fourth-order valence-corrected chi connectivity index (χ4v) is 4.22. The Balaban J connectivity index is 1.53. The number of methoxy groups -OCH3 is 1. The molecule has 1 saturated heterocycles. The van der Waals surface area contributed by atoms with E-state index in [0.717, 1.165) is 37.1 Å². The topological polar surface area (TPSA) is 93.5 Å². The smallest absolute Gasteiger partial charge is 0.257 e. The summed E-state index contributed by atoms with van der Waals surface area (Å²) in [4.78, 5) is 32.5. The van der Waals surface area contributed by atoms with Gasteiger partial charge < -0.3 is 19.1 Å². The van der Waals surface area contributed by atoms with E-state index in [-0.39, 0.29) is 30.0 Å². The predicted octanol–water partition coefficient (Wildman–Crippen LogP) is 1.21. The molecule has 30 heavy (non-hydrogen) atoms. The van der Waals surface area contributed by atoms with Gasteiger partial charge in [-0.2, -0.15) is 0 Å². The summed E-state index contributed by atoms with van der Waals surface area (Å²) in [7, 11) is 1.51. The molecular weight excluding hydrogens is 391 g/mol. The van der Waals surface area contributed by atoms with E-state index in [2.05, 4.69) is 15.2 Å². The van der Waals surface area contributed by atoms with Gasteiger partial charge in [0.2, 0.25) is 5.91 Å². The SMILES string of the molecule is COCC(=O)N1CCCCC1c1nnc2n1CCN(C(=O)c1ccncc1F)CC2. The number of rotatable bonds is 4. The van der Waals surface area contributed by atoms with Crippen LogP contribution in [-0.4, -0.2) is 74.7 Å². The quantitative estimate of drug-likeness (QED) is 0.744. The van der Waals surface area contributed by atoms with E-state index in [1.54, 1.807) is 4.90 Å². The fraction of sp³-hybridized carbons (Fsp3) is 0.550. The molecule has 4 heterocycles. The number of aromatic nitrogens is 4. The normalized spacial score (nSPS) is 19.3. The molecule has 2 amide bonds. The first kappa shape index (κ1) is 20.4. The molecule has 160 valence electrons. The van der Waals surface area contributed by atoms with Crippen LogP contribution < -0.4 is 0 Å². The van der Waals surface area contributed by atoms with Crippen LogP contribution in [0.3, 0.4) is 0 Å². The Morgan fingerprint density at radius 1 is 1.20 bits per heavy atom. The van der Waals surface area contributed by atoms with Crippen LogP contribution in [0, 0.1) is 5.82 Å². The van der Waals surface area contributed by atoms with Gasteiger partial charge in [0.25, 0.3) is 5.91 Å². The van der Waals surface area contributed by atoms with Gasteiger partial charge in [-0.05, 0) is 25.3 Å². The standard InChI is InChI=1S/C20H25FN6O3/c1-30-13-18(28)26-8-3-2-4-16(26)19-24-23-17-6-9-25(10-11-27(17)19)20(29)14-5-7-22-12-15(14)21/h5,7,12,16H,2-4,6,8-11,13H2,1H3. The zero-order chi connectivity index (χ0) is 21.1. The highest BCUT2D eigenvalue weighted by Crippen LogP contribution is 2.31. The fourth-order valence-electron chi connectivity index (χ4n) is 4.22. The average Bonchev–Trinajstić information content (AvgIpc) is 3.04. The Hall–Kier alpha value is -2.88. The molecule has 9 nitrogen and oxygen atoms in total. The number of amides is 2. The third kappa shape index (κ3) is 3.91. The molecule has 2 aromatic rings. The lowest BCUT2D eigenvalue weighted by Gasteiger charge is -2.35. The van der Waals surface area contributed by atoms with Crippen LogP contribution in [-0.2, 0) is 22.5 Å². The van der Waals surface area contributed by atoms with E-state index < -0.39 is 5.82 Å². The Labute approximate surface area is 173 Å². The van der Waals surface area contributed by atoms with E-state index in [4.69, 9.17) is 4.74 Å². The zero-order valence-corrected chi connectivity index (χ0v) is 17.0. The number of carbonyl (C=O) groups excluding carboxylic acids is 2. The highest BCUT2D eigenvalue weighted by molar-refractivity contribution is 5.94. The summed E-state index contributed by atoms with van der Waals surface area (Å²) in [5, 5.41) is 8.74. The number of piperidine rings is 1. The molecule has 0 aliphatic carbocycles. The van der Waals surface area contributed by atoms with Crippen molar-refractivity contribution in [1.29, 1.82) is 0 Å². The number of hydrogen-bond donors (Lipinski definition) is 0. The van der Waals surface area contributed by atoms with E-state index in [1.165, 1.54) is 19.4 Å². The lowest BCUT2D eigenvalue weighted by atomic mass is 10.0. The second-order valence-corrected chi connectivity index (χ2v) is 7.56. The molecule has 0 N–H and O–H groups in total. The molecule has 0 saturated carbocycles. The molecule has 2 aliphatic heterocycles. The van der Waals surface area contributed by atoms with Gasteiger partial charge in [-0.15, -0.1) is 10.2 Å². The van der Waals surface area contributed by atoms with Crippen LogP contribution >= 0.6 is 0 Å². The molecule has 4 rings (SSSR count). The Kier molecular flexibility index (Phi) is 6.03. The Morgan fingerprint density at radius 2 is 2.07 bits per heavy atom. The number of pyridine rings is 1. The van der Waals surface area contributed by atoms with Crippen LogP contribution in [0.15, 0.2) is 18.5 Å². The largest absolute Gasteiger partial charge is 0.375 e. The van der Waals surface area contributed by atoms with Crippen molar-refractivity contribution < 1.29 is 18.7 Å².